The number of carbonyl (C=O) groups is 1. The molecule has 0 aliphatic heterocycles. The first-order chi connectivity index (χ1) is 9.35. The van der Waals surface area contributed by atoms with E-state index >= 15 is 0 Å². The molecule has 20 heavy (non-hydrogen) atoms. The summed E-state index contributed by atoms with van der Waals surface area (Å²) in [4.78, 5) is 25.2. The van der Waals surface area contributed by atoms with Crippen LogP contribution < -0.4 is 4.74 Å². The average molecular weight is 281 g/mol. The largest absolute Gasteiger partial charge is 0.496 e. The molecule has 0 saturated heterocycles. The smallest absolute Gasteiger partial charge is 0.270 e. The number of rotatable bonds is 6. The summed E-state index contributed by atoms with van der Waals surface area (Å²) < 4.78 is 5.19. The Morgan fingerprint density at radius 1 is 1.35 bits per heavy atom. The number of hydrogen-bond acceptors (Lipinski definition) is 5. The fraction of sp³-hybridized carbons (Fsp3) is 0.462. The minimum atomic E-state index is -0.450. The van der Waals surface area contributed by atoms with Crippen LogP contribution in [0.2, 0.25) is 0 Å². The van der Waals surface area contributed by atoms with Gasteiger partial charge in [-0.25, -0.2) is 0 Å². The highest BCUT2D eigenvalue weighted by molar-refractivity contribution is 5.77. The van der Waals surface area contributed by atoms with Gasteiger partial charge in [0.05, 0.1) is 18.6 Å². The summed E-state index contributed by atoms with van der Waals surface area (Å²) in [6.07, 6.45) is 0. The zero-order chi connectivity index (χ0) is 15.3. The van der Waals surface area contributed by atoms with E-state index in [0.29, 0.717) is 17.9 Å². The minimum absolute atomic E-state index is 0.00753. The van der Waals surface area contributed by atoms with Crippen LogP contribution in [0.15, 0.2) is 18.2 Å². The summed E-state index contributed by atoms with van der Waals surface area (Å²) in [5, 5.41) is 10.8. The van der Waals surface area contributed by atoms with Crippen LogP contribution in [0.3, 0.4) is 0 Å². The van der Waals surface area contributed by atoms with E-state index in [4.69, 9.17) is 4.74 Å². The molecule has 0 heterocycles. The Labute approximate surface area is 117 Å². The van der Waals surface area contributed by atoms with Crippen LogP contribution in [0.4, 0.5) is 5.69 Å². The van der Waals surface area contributed by atoms with Gasteiger partial charge in [0.2, 0.25) is 5.91 Å². The Morgan fingerprint density at radius 2 is 2.00 bits per heavy atom. The van der Waals surface area contributed by atoms with Gasteiger partial charge in [-0.05, 0) is 13.1 Å². The molecule has 0 bridgehead atoms. The summed E-state index contributed by atoms with van der Waals surface area (Å²) in [5.41, 5.74) is 0.684. The normalized spacial score (nSPS) is 10.4. The number of methoxy groups -OCH3 is 1. The molecule has 7 nitrogen and oxygen atoms in total. The van der Waals surface area contributed by atoms with E-state index in [2.05, 4.69) is 0 Å². The molecule has 1 aromatic rings. The Morgan fingerprint density at radius 3 is 2.50 bits per heavy atom. The van der Waals surface area contributed by atoms with E-state index in [-0.39, 0.29) is 18.1 Å². The highest BCUT2D eigenvalue weighted by atomic mass is 16.6. The van der Waals surface area contributed by atoms with Gasteiger partial charge < -0.3 is 9.64 Å². The SMILES string of the molecule is COc1ccc([N+](=O)[O-])cc1CN(C)CC(=O)N(C)C. The molecule has 0 aliphatic rings. The van der Waals surface area contributed by atoms with E-state index in [9.17, 15) is 14.9 Å². The second-order valence-corrected chi connectivity index (χ2v) is 4.71. The number of carbonyl (C=O) groups excluding carboxylic acids is 1. The van der Waals surface area contributed by atoms with E-state index in [1.807, 2.05) is 0 Å². The van der Waals surface area contributed by atoms with Crippen molar-refractivity contribution in [3.8, 4) is 5.75 Å². The molecule has 110 valence electrons. The highest BCUT2D eigenvalue weighted by Gasteiger charge is 2.15. The molecule has 0 saturated carbocycles. The van der Waals surface area contributed by atoms with Crippen LogP contribution in [-0.4, -0.2) is 55.4 Å². The Kier molecular flexibility index (Phi) is 5.45. The van der Waals surface area contributed by atoms with Gasteiger partial charge in [0, 0.05) is 38.3 Å². The predicted octanol–water partition coefficient (Wildman–Crippen LogP) is 1.12. The molecule has 0 atom stereocenters. The third-order valence-electron chi connectivity index (χ3n) is 2.82. The number of nitro groups is 1. The Balaban J connectivity index is 2.86. The van der Waals surface area contributed by atoms with Crippen LogP contribution >= 0.6 is 0 Å². The fourth-order valence-corrected chi connectivity index (χ4v) is 1.72. The van der Waals surface area contributed by atoms with Crippen LogP contribution in [-0.2, 0) is 11.3 Å². The molecule has 0 N–H and O–H groups in total. The first-order valence-corrected chi connectivity index (χ1v) is 6.05. The van der Waals surface area contributed by atoms with Gasteiger partial charge >= 0.3 is 0 Å². The number of amides is 1. The van der Waals surface area contributed by atoms with Crippen molar-refractivity contribution in [3.05, 3.63) is 33.9 Å². The minimum Gasteiger partial charge on any atom is -0.496 e. The van der Waals surface area contributed by atoms with Crippen LogP contribution in [0.25, 0.3) is 0 Å². The van der Waals surface area contributed by atoms with Crippen molar-refractivity contribution in [2.75, 3.05) is 34.8 Å². The van der Waals surface area contributed by atoms with Gasteiger partial charge in [-0.15, -0.1) is 0 Å². The summed E-state index contributed by atoms with van der Waals surface area (Å²) in [7, 11) is 6.66. The Bertz CT molecular complexity index is 502. The molecule has 0 fully saturated rings. The van der Waals surface area contributed by atoms with Crippen molar-refractivity contribution in [3.63, 3.8) is 0 Å². The zero-order valence-corrected chi connectivity index (χ0v) is 12.1. The zero-order valence-electron chi connectivity index (χ0n) is 12.1. The molecule has 0 unspecified atom stereocenters. The van der Waals surface area contributed by atoms with Crippen molar-refractivity contribution in [1.82, 2.24) is 9.80 Å². The lowest BCUT2D eigenvalue weighted by Crippen LogP contribution is -2.34. The number of nitrogens with zero attached hydrogens (tertiary/aromatic N) is 3. The van der Waals surface area contributed by atoms with Gasteiger partial charge in [0.15, 0.2) is 0 Å². The molecule has 0 aromatic heterocycles. The van der Waals surface area contributed by atoms with Gasteiger partial charge in [0.1, 0.15) is 5.75 Å². The number of non-ortho nitro benzene ring substituents is 1. The van der Waals surface area contributed by atoms with Gasteiger partial charge in [-0.2, -0.15) is 0 Å². The number of nitro benzene ring substituents is 1. The second-order valence-electron chi connectivity index (χ2n) is 4.71. The summed E-state index contributed by atoms with van der Waals surface area (Å²) in [6.45, 7) is 0.628. The van der Waals surface area contributed by atoms with Crippen LogP contribution in [0.1, 0.15) is 5.56 Å². The van der Waals surface area contributed by atoms with Crippen molar-refractivity contribution < 1.29 is 14.5 Å². The van der Waals surface area contributed by atoms with Crippen molar-refractivity contribution in [2.45, 2.75) is 6.54 Å². The molecular formula is C13H19N3O4. The maximum absolute atomic E-state index is 11.6. The fourth-order valence-electron chi connectivity index (χ4n) is 1.72. The summed E-state index contributed by atoms with van der Waals surface area (Å²) in [5.74, 6) is 0.539. The molecule has 1 aromatic carbocycles. The Hall–Kier alpha value is -2.15. The highest BCUT2D eigenvalue weighted by Crippen LogP contribution is 2.24. The third-order valence-corrected chi connectivity index (χ3v) is 2.82. The predicted molar refractivity (Wildman–Crippen MR) is 74.7 cm³/mol. The topological polar surface area (TPSA) is 75.9 Å². The molecule has 1 rings (SSSR count). The molecule has 1 amide bonds. The molecular weight excluding hydrogens is 262 g/mol. The third kappa shape index (κ3) is 4.20. The molecule has 0 aliphatic carbocycles. The van der Waals surface area contributed by atoms with Crippen molar-refractivity contribution in [2.24, 2.45) is 0 Å². The molecule has 7 heteroatoms. The lowest BCUT2D eigenvalue weighted by atomic mass is 10.1. The summed E-state index contributed by atoms with van der Waals surface area (Å²) in [6, 6.07) is 4.43. The van der Waals surface area contributed by atoms with E-state index in [1.165, 1.54) is 24.1 Å². The second kappa shape index (κ2) is 6.85. The van der Waals surface area contributed by atoms with Crippen LogP contribution in [0.5, 0.6) is 5.75 Å². The molecule has 0 radical (unpaired) electrons. The number of ether oxygens (including phenoxy) is 1. The maximum Gasteiger partial charge on any atom is 0.270 e. The van der Waals surface area contributed by atoms with Crippen molar-refractivity contribution in [1.29, 1.82) is 0 Å². The standard InChI is InChI=1S/C13H19N3O4/c1-14(2)13(17)9-15(3)8-10-7-11(16(18)19)5-6-12(10)20-4/h5-7H,8-9H2,1-4H3. The number of likely N-dealkylation sites (N-methyl/N-ethyl adjacent to an activating group) is 2. The van der Waals surface area contributed by atoms with E-state index in [1.54, 1.807) is 32.1 Å². The first-order valence-electron chi connectivity index (χ1n) is 6.05. The number of hydrogen-bond donors (Lipinski definition) is 0. The monoisotopic (exact) mass is 281 g/mol. The lowest BCUT2D eigenvalue weighted by molar-refractivity contribution is -0.384. The maximum atomic E-state index is 11.6. The van der Waals surface area contributed by atoms with Gasteiger partial charge in [-0.3, -0.25) is 19.8 Å². The van der Waals surface area contributed by atoms with E-state index < -0.39 is 4.92 Å². The molecule has 0 spiro atoms. The van der Waals surface area contributed by atoms with E-state index in [0.717, 1.165) is 0 Å². The quantitative estimate of drug-likeness (QED) is 0.577. The van der Waals surface area contributed by atoms with Gasteiger partial charge in [0.25, 0.3) is 5.69 Å². The van der Waals surface area contributed by atoms with Crippen LogP contribution in [0, 0.1) is 10.1 Å². The average Bonchev–Trinajstić information content (AvgIpc) is 2.38. The lowest BCUT2D eigenvalue weighted by Gasteiger charge is -2.20. The summed E-state index contributed by atoms with van der Waals surface area (Å²) >= 11 is 0. The van der Waals surface area contributed by atoms with Crippen molar-refractivity contribution >= 4 is 11.6 Å². The first kappa shape index (κ1) is 15.9. The van der Waals surface area contributed by atoms with Gasteiger partial charge in [-0.1, -0.05) is 0 Å². The number of benzene rings is 1.